The molecule has 0 N–H and O–H groups in total. The smallest absolute Gasteiger partial charge is 0.161 e. The van der Waals surface area contributed by atoms with E-state index in [2.05, 4.69) is 162 Å². The van der Waals surface area contributed by atoms with E-state index in [0.717, 1.165) is 66.6 Å². The van der Waals surface area contributed by atoms with Crippen molar-refractivity contribution in [3.8, 4) is 39.6 Å². The molecule has 0 aliphatic carbocycles. The zero-order chi connectivity index (χ0) is 34.2. The fourth-order valence-corrected chi connectivity index (χ4v) is 7.98. The van der Waals surface area contributed by atoms with E-state index in [1.54, 1.807) is 0 Å². The van der Waals surface area contributed by atoms with Crippen molar-refractivity contribution in [2.75, 3.05) is 0 Å². The predicted molar refractivity (Wildman–Crippen MR) is 215 cm³/mol. The number of para-hydroxylation sites is 1. The molecule has 0 saturated carbocycles. The molecule has 52 heavy (non-hydrogen) atoms. The van der Waals surface area contributed by atoms with E-state index in [0.29, 0.717) is 5.82 Å². The third-order valence-electron chi connectivity index (χ3n) is 10.4. The van der Waals surface area contributed by atoms with Gasteiger partial charge in [-0.25, -0.2) is 9.97 Å². The molecule has 0 amide bonds. The minimum Gasteiger partial charge on any atom is -0.456 e. The van der Waals surface area contributed by atoms with Crippen molar-refractivity contribution in [3.05, 3.63) is 176 Å². The molecular formula is C48H29N3O. The molecule has 0 spiro atoms. The first-order chi connectivity index (χ1) is 25.8. The third kappa shape index (κ3) is 4.41. The van der Waals surface area contributed by atoms with E-state index in [-0.39, 0.29) is 0 Å². The molecule has 0 radical (unpaired) electrons. The van der Waals surface area contributed by atoms with Crippen LogP contribution >= 0.6 is 0 Å². The number of rotatable bonds is 4. The van der Waals surface area contributed by atoms with Gasteiger partial charge in [0.15, 0.2) is 5.82 Å². The van der Waals surface area contributed by atoms with Gasteiger partial charge in [0.25, 0.3) is 0 Å². The molecule has 4 heteroatoms. The summed E-state index contributed by atoms with van der Waals surface area (Å²) < 4.78 is 9.02. The molecule has 11 aromatic rings. The summed E-state index contributed by atoms with van der Waals surface area (Å²) in [5.41, 5.74) is 9.82. The van der Waals surface area contributed by atoms with Crippen LogP contribution in [0.3, 0.4) is 0 Å². The number of furan rings is 1. The Morgan fingerprint density at radius 3 is 1.98 bits per heavy atom. The average Bonchev–Trinajstić information content (AvgIpc) is 3.74. The number of benzene rings is 8. The Hall–Kier alpha value is -7.04. The van der Waals surface area contributed by atoms with Crippen molar-refractivity contribution in [1.29, 1.82) is 0 Å². The highest BCUT2D eigenvalue weighted by molar-refractivity contribution is 6.15. The van der Waals surface area contributed by atoms with E-state index < -0.39 is 0 Å². The van der Waals surface area contributed by atoms with Gasteiger partial charge in [-0.3, -0.25) is 0 Å². The van der Waals surface area contributed by atoms with Crippen molar-refractivity contribution in [1.82, 2.24) is 14.5 Å². The van der Waals surface area contributed by atoms with Crippen LogP contribution in [-0.2, 0) is 0 Å². The topological polar surface area (TPSA) is 43.9 Å². The van der Waals surface area contributed by atoms with E-state index in [9.17, 15) is 0 Å². The summed E-state index contributed by atoms with van der Waals surface area (Å²) in [6.07, 6.45) is 0. The Kier molecular flexibility index (Phi) is 6.22. The molecule has 242 valence electrons. The molecule has 11 rings (SSSR count). The minimum atomic E-state index is 0.663. The van der Waals surface area contributed by atoms with Gasteiger partial charge >= 0.3 is 0 Å². The Balaban J connectivity index is 1.13. The third-order valence-corrected chi connectivity index (χ3v) is 10.4. The summed E-state index contributed by atoms with van der Waals surface area (Å²) in [4.78, 5) is 10.5. The summed E-state index contributed by atoms with van der Waals surface area (Å²) in [6.45, 7) is 0. The van der Waals surface area contributed by atoms with Crippen LogP contribution in [-0.4, -0.2) is 14.5 Å². The van der Waals surface area contributed by atoms with Gasteiger partial charge in [0, 0.05) is 50.0 Å². The Labute approximate surface area is 298 Å². The van der Waals surface area contributed by atoms with Crippen LogP contribution in [0.1, 0.15) is 0 Å². The summed E-state index contributed by atoms with van der Waals surface area (Å²) in [6, 6.07) is 61.9. The van der Waals surface area contributed by atoms with Crippen LogP contribution in [0.5, 0.6) is 0 Å². The Morgan fingerprint density at radius 2 is 1.10 bits per heavy atom. The quantitative estimate of drug-likeness (QED) is 0.188. The molecular weight excluding hydrogens is 635 g/mol. The summed E-state index contributed by atoms with van der Waals surface area (Å²) in [5, 5.41) is 9.29. The summed E-state index contributed by atoms with van der Waals surface area (Å²) in [5.74, 6) is 0.663. The van der Waals surface area contributed by atoms with Crippen LogP contribution in [0, 0.1) is 0 Å². The van der Waals surface area contributed by atoms with Crippen LogP contribution in [0.15, 0.2) is 180 Å². The van der Waals surface area contributed by atoms with Crippen molar-refractivity contribution in [2.45, 2.75) is 0 Å². The highest BCUT2D eigenvalue weighted by atomic mass is 16.3. The Bertz CT molecular complexity index is 3180. The molecule has 0 saturated heterocycles. The van der Waals surface area contributed by atoms with Crippen molar-refractivity contribution < 1.29 is 4.42 Å². The molecule has 0 atom stereocenters. The highest BCUT2D eigenvalue weighted by Gasteiger charge is 2.19. The molecule has 8 aromatic carbocycles. The van der Waals surface area contributed by atoms with Crippen LogP contribution in [0.25, 0.3) is 105 Å². The molecule has 0 fully saturated rings. The number of fused-ring (bicyclic) bond motifs is 8. The van der Waals surface area contributed by atoms with Gasteiger partial charge in [0.1, 0.15) is 11.2 Å². The zero-order valence-electron chi connectivity index (χ0n) is 28.0. The maximum Gasteiger partial charge on any atom is 0.161 e. The van der Waals surface area contributed by atoms with Crippen LogP contribution in [0.2, 0.25) is 0 Å². The first-order valence-electron chi connectivity index (χ1n) is 17.6. The minimum absolute atomic E-state index is 0.663. The van der Waals surface area contributed by atoms with Gasteiger partial charge in [-0.15, -0.1) is 0 Å². The number of hydrogen-bond donors (Lipinski definition) is 0. The van der Waals surface area contributed by atoms with E-state index in [1.807, 2.05) is 18.2 Å². The summed E-state index contributed by atoms with van der Waals surface area (Å²) >= 11 is 0. The maximum atomic E-state index is 6.67. The summed E-state index contributed by atoms with van der Waals surface area (Å²) in [7, 11) is 0. The SMILES string of the molecule is c1ccc(-c2cc(-c3cccc4ccccc34)nc(-c3cccc4oc5cc(-n6c7ccccc7c7cc8ccccc8cc76)ccc5c34)n2)cc1. The van der Waals surface area contributed by atoms with Crippen molar-refractivity contribution in [3.63, 3.8) is 0 Å². The number of hydrogen-bond acceptors (Lipinski definition) is 3. The lowest BCUT2D eigenvalue weighted by Gasteiger charge is -2.12. The first kappa shape index (κ1) is 28.8. The van der Waals surface area contributed by atoms with Gasteiger partial charge in [0.05, 0.1) is 22.4 Å². The second-order valence-corrected chi connectivity index (χ2v) is 13.4. The highest BCUT2D eigenvalue weighted by Crippen LogP contribution is 2.40. The fourth-order valence-electron chi connectivity index (χ4n) is 7.98. The normalized spacial score (nSPS) is 11.8. The predicted octanol–water partition coefficient (Wildman–Crippen LogP) is 12.8. The molecule has 0 unspecified atom stereocenters. The fraction of sp³-hybridized carbons (Fsp3) is 0. The van der Waals surface area contributed by atoms with Crippen molar-refractivity contribution in [2.24, 2.45) is 0 Å². The van der Waals surface area contributed by atoms with Gasteiger partial charge in [0.2, 0.25) is 0 Å². The first-order valence-corrected chi connectivity index (χ1v) is 17.6. The van der Waals surface area contributed by atoms with Gasteiger partial charge in [-0.05, 0) is 64.0 Å². The zero-order valence-corrected chi connectivity index (χ0v) is 28.0. The number of nitrogens with zero attached hydrogens (tertiary/aromatic N) is 3. The molecule has 3 heterocycles. The average molecular weight is 664 g/mol. The second-order valence-electron chi connectivity index (χ2n) is 13.4. The standard InChI is InChI=1S/C48H29N3O/c1-2-13-31(14-3-1)41-29-42(36-20-10-17-30-12-6-7-18-35(30)36)50-48(49-41)39-21-11-23-45-47(39)38-25-24-34(28-46(38)52-45)51-43-22-9-8-19-37(43)40-26-32-15-4-5-16-33(32)27-44(40)51/h1-29H. The number of aromatic nitrogens is 3. The molecule has 3 aromatic heterocycles. The molecule has 0 aliphatic rings. The lowest BCUT2D eigenvalue weighted by molar-refractivity contribution is 0.668. The van der Waals surface area contributed by atoms with E-state index in [1.165, 1.54) is 32.4 Å². The maximum absolute atomic E-state index is 6.67. The largest absolute Gasteiger partial charge is 0.456 e. The molecule has 0 bridgehead atoms. The van der Waals surface area contributed by atoms with E-state index >= 15 is 0 Å². The lowest BCUT2D eigenvalue weighted by Crippen LogP contribution is -1.97. The van der Waals surface area contributed by atoms with Gasteiger partial charge in [-0.1, -0.05) is 127 Å². The van der Waals surface area contributed by atoms with Crippen LogP contribution in [0.4, 0.5) is 0 Å². The molecule has 4 nitrogen and oxygen atoms in total. The van der Waals surface area contributed by atoms with Crippen molar-refractivity contribution >= 4 is 65.3 Å². The Morgan fingerprint density at radius 1 is 0.404 bits per heavy atom. The second kappa shape index (κ2) is 11.2. The van der Waals surface area contributed by atoms with Crippen LogP contribution < -0.4 is 0 Å². The molecule has 0 aliphatic heterocycles. The van der Waals surface area contributed by atoms with Gasteiger partial charge in [-0.2, -0.15) is 0 Å². The van der Waals surface area contributed by atoms with E-state index in [4.69, 9.17) is 14.4 Å². The lowest BCUT2D eigenvalue weighted by atomic mass is 10.00. The monoisotopic (exact) mass is 663 g/mol. The van der Waals surface area contributed by atoms with Gasteiger partial charge < -0.3 is 8.98 Å².